The Morgan fingerprint density at radius 1 is 1.37 bits per heavy atom. The van der Waals surface area contributed by atoms with Gasteiger partial charge in [-0.3, -0.25) is 5.43 Å². The number of aromatic nitrogens is 2. The maximum absolute atomic E-state index is 12.4. The first-order valence-electron chi connectivity index (χ1n) is 5.90. The van der Waals surface area contributed by atoms with Gasteiger partial charge >= 0.3 is 0 Å². The molecule has 0 aliphatic carbocycles. The lowest BCUT2D eigenvalue weighted by Crippen LogP contribution is -2.40. The van der Waals surface area contributed by atoms with E-state index < -0.39 is 10.0 Å². The number of nitrogens with one attached hydrogen (secondary N) is 1. The molecule has 19 heavy (non-hydrogen) atoms. The standard InChI is InChI=1S/C10H17N5O3S/c1-15(8-2-4-18-5-3-8)19(16,17)9-6-12-10(14-11)13-7-9/h6-8H,2-5,11H2,1H3,(H,12,13,14). The third kappa shape index (κ3) is 3.00. The molecule has 0 spiro atoms. The minimum Gasteiger partial charge on any atom is -0.381 e. The average molecular weight is 287 g/mol. The van der Waals surface area contributed by atoms with Crippen molar-refractivity contribution in [3.8, 4) is 0 Å². The number of hydrogen-bond acceptors (Lipinski definition) is 7. The summed E-state index contributed by atoms with van der Waals surface area (Å²) in [6.07, 6.45) is 3.87. The van der Waals surface area contributed by atoms with Gasteiger partial charge in [0.2, 0.25) is 16.0 Å². The molecule has 0 saturated carbocycles. The Bertz CT molecular complexity index is 512. The first-order valence-corrected chi connectivity index (χ1v) is 7.34. The molecule has 0 atom stereocenters. The van der Waals surface area contributed by atoms with Gasteiger partial charge in [0.05, 0.1) is 12.4 Å². The molecule has 106 valence electrons. The summed E-state index contributed by atoms with van der Waals surface area (Å²) in [5.74, 6) is 5.31. The van der Waals surface area contributed by atoms with Crippen LogP contribution in [0.25, 0.3) is 0 Å². The van der Waals surface area contributed by atoms with Gasteiger partial charge in [0.1, 0.15) is 4.90 Å². The molecule has 1 aliphatic rings. The number of nitrogen functional groups attached to an aromatic ring is 1. The summed E-state index contributed by atoms with van der Waals surface area (Å²) in [6.45, 7) is 1.16. The quantitative estimate of drug-likeness (QED) is 0.570. The Balaban J connectivity index is 2.19. The molecule has 1 aromatic rings. The van der Waals surface area contributed by atoms with Gasteiger partial charge in [0.25, 0.3) is 0 Å². The zero-order chi connectivity index (χ0) is 13.9. The monoisotopic (exact) mass is 287 g/mol. The van der Waals surface area contributed by atoms with Crippen LogP contribution in [0.4, 0.5) is 5.95 Å². The van der Waals surface area contributed by atoms with Gasteiger partial charge in [-0.05, 0) is 12.8 Å². The van der Waals surface area contributed by atoms with E-state index in [9.17, 15) is 8.42 Å². The molecule has 0 radical (unpaired) electrons. The number of hydrazine groups is 1. The maximum Gasteiger partial charge on any atom is 0.246 e. The van der Waals surface area contributed by atoms with Crippen molar-refractivity contribution < 1.29 is 13.2 Å². The van der Waals surface area contributed by atoms with Crippen LogP contribution in [0.2, 0.25) is 0 Å². The van der Waals surface area contributed by atoms with Crippen LogP contribution in [0.3, 0.4) is 0 Å². The van der Waals surface area contributed by atoms with Gasteiger partial charge in [-0.15, -0.1) is 0 Å². The molecule has 8 nitrogen and oxygen atoms in total. The molecule has 0 bridgehead atoms. The number of hydrogen-bond donors (Lipinski definition) is 2. The molecule has 2 heterocycles. The molecule has 0 aromatic carbocycles. The van der Waals surface area contributed by atoms with E-state index in [1.54, 1.807) is 7.05 Å². The lowest BCUT2D eigenvalue weighted by molar-refractivity contribution is 0.0632. The Kier molecular flexibility index (Phi) is 4.30. The zero-order valence-corrected chi connectivity index (χ0v) is 11.4. The first-order chi connectivity index (χ1) is 9.05. The molecule has 0 unspecified atom stereocenters. The summed E-state index contributed by atoms with van der Waals surface area (Å²) in [5, 5.41) is 0. The Hall–Kier alpha value is -1.29. The molecule has 1 aromatic heterocycles. The molecule has 1 aliphatic heterocycles. The second-order valence-electron chi connectivity index (χ2n) is 4.25. The van der Waals surface area contributed by atoms with Crippen molar-refractivity contribution in [1.82, 2.24) is 14.3 Å². The third-order valence-electron chi connectivity index (χ3n) is 3.14. The lowest BCUT2D eigenvalue weighted by atomic mass is 10.1. The van der Waals surface area contributed by atoms with Gasteiger partial charge in [0, 0.05) is 26.3 Å². The number of nitrogens with two attached hydrogens (primary N) is 1. The van der Waals surface area contributed by atoms with Gasteiger partial charge in [-0.25, -0.2) is 24.2 Å². The number of nitrogens with zero attached hydrogens (tertiary/aromatic N) is 3. The summed E-state index contributed by atoms with van der Waals surface area (Å²) in [6, 6.07) is -0.0499. The highest BCUT2D eigenvalue weighted by atomic mass is 32.2. The lowest BCUT2D eigenvalue weighted by Gasteiger charge is -2.30. The SMILES string of the molecule is CN(C1CCOCC1)S(=O)(=O)c1cnc(NN)nc1. The zero-order valence-electron chi connectivity index (χ0n) is 10.6. The topological polar surface area (TPSA) is 110 Å². The van der Waals surface area contributed by atoms with Crippen LogP contribution < -0.4 is 11.3 Å². The molecule has 0 amide bonds. The highest BCUT2D eigenvalue weighted by Gasteiger charge is 2.29. The second-order valence-corrected chi connectivity index (χ2v) is 6.25. The molecule has 2 rings (SSSR count). The van der Waals surface area contributed by atoms with Crippen molar-refractivity contribution in [3.63, 3.8) is 0 Å². The van der Waals surface area contributed by atoms with Crippen molar-refractivity contribution in [1.29, 1.82) is 0 Å². The van der Waals surface area contributed by atoms with Crippen LogP contribution in [0, 0.1) is 0 Å². The van der Waals surface area contributed by atoms with E-state index in [-0.39, 0.29) is 16.9 Å². The van der Waals surface area contributed by atoms with E-state index in [0.29, 0.717) is 26.1 Å². The van der Waals surface area contributed by atoms with Crippen LogP contribution in [0.15, 0.2) is 17.3 Å². The van der Waals surface area contributed by atoms with Gasteiger partial charge in [-0.1, -0.05) is 0 Å². The predicted octanol–water partition coefficient (Wildman–Crippen LogP) is -0.438. The summed E-state index contributed by atoms with van der Waals surface area (Å²) >= 11 is 0. The van der Waals surface area contributed by atoms with E-state index in [1.807, 2.05) is 0 Å². The first kappa shape index (κ1) is 14.1. The molecule has 3 N–H and O–H groups in total. The van der Waals surface area contributed by atoms with E-state index in [4.69, 9.17) is 10.6 Å². The van der Waals surface area contributed by atoms with Crippen molar-refractivity contribution in [2.45, 2.75) is 23.8 Å². The van der Waals surface area contributed by atoms with Gasteiger partial charge < -0.3 is 4.74 Å². The third-order valence-corrected chi connectivity index (χ3v) is 5.00. The highest BCUT2D eigenvalue weighted by Crippen LogP contribution is 2.21. The van der Waals surface area contributed by atoms with Gasteiger partial charge in [-0.2, -0.15) is 4.31 Å². The molecular formula is C10H17N5O3S. The fraction of sp³-hybridized carbons (Fsp3) is 0.600. The maximum atomic E-state index is 12.4. The number of sulfonamides is 1. The van der Waals surface area contributed by atoms with Crippen LogP contribution in [0.5, 0.6) is 0 Å². The fourth-order valence-corrected chi connectivity index (χ4v) is 3.24. The van der Waals surface area contributed by atoms with Crippen LogP contribution in [-0.2, 0) is 14.8 Å². The average Bonchev–Trinajstić information content (AvgIpc) is 2.47. The molecular weight excluding hydrogens is 270 g/mol. The van der Waals surface area contributed by atoms with Crippen LogP contribution in [0.1, 0.15) is 12.8 Å². The number of anilines is 1. The number of ether oxygens (including phenoxy) is 1. The normalized spacial score (nSPS) is 17.6. The second kappa shape index (κ2) is 5.78. The largest absolute Gasteiger partial charge is 0.381 e. The Labute approximate surface area is 112 Å². The van der Waals surface area contributed by atoms with E-state index >= 15 is 0 Å². The van der Waals surface area contributed by atoms with E-state index in [0.717, 1.165) is 0 Å². The van der Waals surface area contributed by atoms with E-state index in [1.165, 1.54) is 16.7 Å². The summed E-state index contributed by atoms with van der Waals surface area (Å²) < 4.78 is 31.4. The van der Waals surface area contributed by atoms with Crippen molar-refractivity contribution in [2.75, 3.05) is 25.7 Å². The predicted molar refractivity (Wildman–Crippen MR) is 68.6 cm³/mol. The highest BCUT2D eigenvalue weighted by molar-refractivity contribution is 7.89. The summed E-state index contributed by atoms with van der Waals surface area (Å²) in [7, 11) is -2.01. The molecule has 1 saturated heterocycles. The molecule has 1 fully saturated rings. The van der Waals surface area contributed by atoms with Crippen LogP contribution in [-0.4, -0.2) is 49.0 Å². The number of rotatable bonds is 4. The minimum atomic E-state index is -3.58. The van der Waals surface area contributed by atoms with E-state index in [2.05, 4.69) is 15.4 Å². The Morgan fingerprint density at radius 3 is 2.47 bits per heavy atom. The van der Waals surface area contributed by atoms with Crippen molar-refractivity contribution in [3.05, 3.63) is 12.4 Å². The van der Waals surface area contributed by atoms with Crippen molar-refractivity contribution >= 4 is 16.0 Å². The summed E-state index contributed by atoms with van der Waals surface area (Å²) in [4.78, 5) is 7.68. The smallest absolute Gasteiger partial charge is 0.246 e. The van der Waals surface area contributed by atoms with Crippen molar-refractivity contribution in [2.24, 2.45) is 5.84 Å². The van der Waals surface area contributed by atoms with Gasteiger partial charge in [0.15, 0.2) is 0 Å². The minimum absolute atomic E-state index is 0.0499. The summed E-state index contributed by atoms with van der Waals surface area (Å²) in [5.41, 5.74) is 2.25. The fourth-order valence-electron chi connectivity index (χ4n) is 1.94. The molecule has 9 heteroatoms. The Morgan fingerprint density at radius 2 is 1.95 bits per heavy atom. The van der Waals surface area contributed by atoms with Crippen LogP contribution >= 0.6 is 0 Å².